The van der Waals surface area contributed by atoms with Crippen LogP contribution in [0.2, 0.25) is 0 Å². The zero-order valence-electron chi connectivity index (χ0n) is 10.3. The number of rotatable bonds is 1. The lowest BCUT2D eigenvalue weighted by atomic mass is 10.2. The summed E-state index contributed by atoms with van der Waals surface area (Å²) in [7, 11) is 1.32. The number of carbonyl (C=O) groups is 1. The SMILES string of the molecule is COC(=O)c1cc2c(=O)c3ccccc3ccn2c1. The molecule has 0 radical (unpaired) electrons. The standard InChI is InChI=1S/C15H11NO3/c1-19-15(18)11-8-13-14(17)12-5-3-2-4-10(12)6-7-16(13)9-11/h2-9H,1H3. The van der Waals surface area contributed by atoms with Crippen LogP contribution in [0.3, 0.4) is 0 Å². The number of aromatic nitrogens is 1. The van der Waals surface area contributed by atoms with Crippen molar-refractivity contribution >= 4 is 22.3 Å². The fraction of sp³-hybridized carbons (Fsp3) is 0.0667. The molecule has 0 unspecified atom stereocenters. The lowest BCUT2D eigenvalue weighted by molar-refractivity contribution is 0.0601. The van der Waals surface area contributed by atoms with Gasteiger partial charge in [0.25, 0.3) is 0 Å². The zero-order chi connectivity index (χ0) is 13.4. The summed E-state index contributed by atoms with van der Waals surface area (Å²) in [6, 6.07) is 10.8. The number of hydrogen-bond acceptors (Lipinski definition) is 3. The minimum Gasteiger partial charge on any atom is -0.465 e. The maximum atomic E-state index is 12.4. The molecule has 1 aromatic carbocycles. The van der Waals surface area contributed by atoms with Gasteiger partial charge >= 0.3 is 5.97 Å². The van der Waals surface area contributed by atoms with Crippen molar-refractivity contribution in [2.75, 3.05) is 7.11 Å². The smallest absolute Gasteiger partial charge is 0.339 e. The van der Waals surface area contributed by atoms with Crippen LogP contribution in [0.25, 0.3) is 16.3 Å². The van der Waals surface area contributed by atoms with Crippen molar-refractivity contribution in [1.82, 2.24) is 4.40 Å². The first-order chi connectivity index (χ1) is 9.20. The highest BCUT2D eigenvalue weighted by Gasteiger charge is 2.10. The van der Waals surface area contributed by atoms with Gasteiger partial charge in [0.2, 0.25) is 5.43 Å². The number of methoxy groups -OCH3 is 1. The number of nitrogens with zero attached hydrogens (tertiary/aromatic N) is 1. The monoisotopic (exact) mass is 253 g/mol. The first-order valence-electron chi connectivity index (χ1n) is 5.83. The molecule has 4 heteroatoms. The Morgan fingerprint density at radius 1 is 1.21 bits per heavy atom. The lowest BCUT2D eigenvalue weighted by Crippen LogP contribution is -2.00. The molecule has 0 N–H and O–H groups in total. The predicted molar refractivity (Wildman–Crippen MR) is 72.5 cm³/mol. The Morgan fingerprint density at radius 3 is 2.79 bits per heavy atom. The lowest BCUT2D eigenvalue weighted by Gasteiger charge is -1.91. The van der Waals surface area contributed by atoms with E-state index < -0.39 is 5.97 Å². The number of ether oxygens (including phenoxy) is 1. The normalized spacial score (nSPS) is 10.8. The second kappa shape index (κ2) is 4.24. The van der Waals surface area contributed by atoms with E-state index in [9.17, 15) is 9.59 Å². The highest BCUT2D eigenvalue weighted by molar-refractivity contribution is 5.92. The molecule has 0 aliphatic heterocycles. The average molecular weight is 253 g/mol. The Hall–Kier alpha value is -2.62. The van der Waals surface area contributed by atoms with Gasteiger partial charge in [-0.25, -0.2) is 4.79 Å². The molecule has 19 heavy (non-hydrogen) atoms. The van der Waals surface area contributed by atoms with Crippen LogP contribution in [-0.2, 0) is 4.74 Å². The molecule has 0 saturated carbocycles. The Kier molecular flexibility index (Phi) is 2.56. The second-order valence-corrected chi connectivity index (χ2v) is 4.24. The minimum atomic E-state index is -0.449. The molecule has 3 aromatic rings. The molecule has 94 valence electrons. The molecule has 0 aliphatic carbocycles. The van der Waals surface area contributed by atoms with E-state index in [0.29, 0.717) is 16.5 Å². The van der Waals surface area contributed by atoms with Gasteiger partial charge in [0.05, 0.1) is 18.2 Å². The van der Waals surface area contributed by atoms with Crippen LogP contribution in [-0.4, -0.2) is 17.5 Å². The van der Waals surface area contributed by atoms with E-state index in [-0.39, 0.29) is 5.43 Å². The third kappa shape index (κ3) is 1.78. The van der Waals surface area contributed by atoms with Gasteiger partial charge < -0.3 is 9.14 Å². The maximum absolute atomic E-state index is 12.4. The molecular formula is C15H11NO3. The van der Waals surface area contributed by atoms with Gasteiger partial charge in [-0.1, -0.05) is 24.3 Å². The van der Waals surface area contributed by atoms with Crippen LogP contribution in [0, 0.1) is 0 Å². The average Bonchev–Trinajstić information content (AvgIpc) is 2.83. The Labute approximate surface area is 108 Å². The van der Waals surface area contributed by atoms with Gasteiger partial charge in [-0.2, -0.15) is 0 Å². The quantitative estimate of drug-likeness (QED) is 0.625. The van der Waals surface area contributed by atoms with Gasteiger partial charge in [0.15, 0.2) is 0 Å². The predicted octanol–water partition coefficient (Wildman–Crippen LogP) is 2.24. The molecule has 0 fully saturated rings. The van der Waals surface area contributed by atoms with Gasteiger partial charge in [-0.05, 0) is 17.5 Å². The Balaban J connectivity index is 2.43. The summed E-state index contributed by atoms with van der Waals surface area (Å²) < 4.78 is 6.31. The van der Waals surface area contributed by atoms with E-state index in [1.165, 1.54) is 7.11 Å². The van der Waals surface area contributed by atoms with Crippen molar-refractivity contribution in [3.63, 3.8) is 0 Å². The fourth-order valence-electron chi connectivity index (χ4n) is 2.16. The molecule has 4 nitrogen and oxygen atoms in total. The molecule has 3 rings (SSSR count). The third-order valence-corrected chi connectivity index (χ3v) is 3.12. The molecular weight excluding hydrogens is 242 g/mol. The van der Waals surface area contributed by atoms with Gasteiger partial charge in [-0.15, -0.1) is 0 Å². The highest BCUT2D eigenvalue weighted by Crippen LogP contribution is 2.12. The van der Waals surface area contributed by atoms with Crippen molar-refractivity contribution in [1.29, 1.82) is 0 Å². The van der Waals surface area contributed by atoms with Crippen molar-refractivity contribution in [3.05, 3.63) is 64.6 Å². The number of benzene rings is 1. The third-order valence-electron chi connectivity index (χ3n) is 3.12. The largest absolute Gasteiger partial charge is 0.465 e. The van der Waals surface area contributed by atoms with Crippen molar-refractivity contribution in [2.24, 2.45) is 0 Å². The number of fused-ring (bicyclic) bond motifs is 2. The van der Waals surface area contributed by atoms with Crippen molar-refractivity contribution in [3.8, 4) is 0 Å². The Bertz CT molecular complexity index is 849. The number of esters is 1. The van der Waals surface area contributed by atoms with Gasteiger partial charge in [0.1, 0.15) is 0 Å². The van der Waals surface area contributed by atoms with Crippen LogP contribution < -0.4 is 5.43 Å². The summed E-state index contributed by atoms with van der Waals surface area (Å²) in [5.41, 5.74) is 0.729. The first-order valence-corrected chi connectivity index (χ1v) is 5.83. The van der Waals surface area contributed by atoms with E-state index >= 15 is 0 Å². The van der Waals surface area contributed by atoms with Crippen LogP contribution in [0.4, 0.5) is 0 Å². The van der Waals surface area contributed by atoms with E-state index in [4.69, 9.17) is 0 Å². The summed E-state index contributed by atoms with van der Waals surface area (Å²) >= 11 is 0. The fourth-order valence-corrected chi connectivity index (χ4v) is 2.16. The number of carbonyl (C=O) groups excluding carboxylic acids is 1. The summed E-state index contributed by atoms with van der Waals surface area (Å²) in [5.74, 6) is -0.449. The van der Waals surface area contributed by atoms with Crippen LogP contribution in [0.5, 0.6) is 0 Å². The molecule has 0 atom stereocenters. The topological polar surface area (TPSA) is 47.8 Å². The van der Waals surface area contributed by atoms with E-state index in [1.807, 2.05) is 24.3 Å². The summed E-state index contributed by atoms with van der Waals surface area (Å²) in [4.78, 5) is 23.9. The van der Waals surface area contributed by atoms with Crippen LogP contribution in [0.1, 0.15) is 10.4 Å². The minimum absolute atomic E-state index is 0.101. The van der Waals surface area contributed by atoms with Crippen molar-refractivity contribution < 1.29 is 9.53 Å². The Morgan fingerprint density at radius 2 is 2.00 bits per heavy atom. The van der Waals surface area contributed by atoms with E-state index in [0.717, 1.165) is 5.39 Å². The van der Waals surface area contributed by atoms with Crippen molar-refractivity contribution in [2.45, 2.75) is 0 Å². The molecule has 0 amide bonds. The molecule has 0 saturated heterocycles. The summed E-state index contributed by atoms with van der Waals surface area (Å²) in [6.07, 6.45) is 3.37. The van der Waals surface area contributed by atoms with Gasteiger partial charge in [-0.3, -0.25) is 4.79 Å². The summed E-state index contributed by atoms with van der Waals surface area (Å²) in [6.45, 7) is 0. The molecule has 0 aliphatic rings. The van der Waals surface area contributed by atoms with Gasteiger partial charge in [0, 0.05) is 17.8 Å². The molecule has 0 bridgehead atoms. The van der Waals surface area contributed by atoms with E-state index in [2.05, 4.69) is 4.74 Å². The van der Waals surface area contributed by atoms with E-state index in [1.54, 1.807) is 28.9 Å². The highest BCUT2D eigenvalue weighted by atomic mass is 16.5. The molecule has 0 spiro atoms. The maximum Gasteiger partial charge on any atom is 0.339 e. The van der Waals surface area contributed by atoms with Crippen LogP contribution >= 0.6 is 0 Å². The second-order valence-electron chi connectivity index (χ2n) is 4.24. The number of hydrogen-bond donors (Lipinski definition) is 0. The molecule has 2 aromatic heterocycles. The first kappa shape index (κ1) is 11.5. The van der Waals surface area contributed by atoms with Crippen LogP contribution in [0.15, 0.2) is 53.6 Å². The molecule has 2 heterocycles. The zero-order valence-corrected chi connectivity index (χ0v) is 10.3. The summed E-state index contributed by atoms with van der Waals surface area (Å²) in [5, 5.41) is 1.50.